The van der Waals surface area contributed by atoms with E-state index < -0.39 is 0 Å². The Morgan fingerprint density at radius 1 is 1.21 bits per heavy atom. The van der Waals surface area contributed by atoms with Crippen LogP contribution in [0.5, 0.6) is 0 Å². The van der Waals surface area contributed by atoms with Crippen molar-refractivity contribution in [3.63, 3.8) is 0 Å². The van der Waals surface area contributed by atoms with Crippen LogP contribution in [0.1, 0.15) is 13.3 Å². The van der Waals surface area contributed by atoms with Gasteiger partial charge in [0, 0.05) is 28.9 Å². The van der Waals surface area contributed by atoms with Crippen molar-refractivity contribution in [1.82, 2.24) is 10.2 Å². The maximum Gasteiger partial charge on any atom is 0.239 e. The Labute approximate surface area is 151 Å². The van der Waals surface area contributed by atoms with Gasteiger partial charge in [0.25, 0.3) is 0 Å². The number of nitrogens with one attached hydrogen (secondary N) is 1. The molecule has 6 heteroatoms. The number of hydrogen-bond donors (Lipinski definition) is 1. The fraction of sp³-hybridized carbons (Fsp3) is 0.333. The van der Waals surface area contributed by atoms with Gasteiger partial charge in [-0.25, -0.2) is 0 Å². The lowest BCUT2D eigenvalue weighted by atomic mass is 10.1. The minimum atomic E-state index is -0.133. The molecule has 4 nitrogen and oxygen atoms in total. The van der Waals surface area contributed by atoms with E-state index in [0.29, 0.717) is 11.6 Å². The Balaban J connectivity index is 1.98. The molecule has 0 saturated heterocycles. The van der Waals surface area contributed by atoms with Crippen LogP contribution in [0.4, 0.5) is 0 Å². The summed E-state index contributed by atoms with van der Waals surface area (Å²) in [5.74, 6) is 0.0450. The van der Waals surface area contributed by atoms with Crippen molar-refractivity contribution < 1.29 is 9.59 Å². The lowest BCUT2D eigenvalue weighted by Crippen LogP contribution is -2.39. The molecule has 0 bridgehead atoms. The van der Waals surface area contributed by atoms with Gasteiger partial charge in [-0.3, -0.25) is 9.59 Å². The number of nitrogens with zero attached hydrogens (tertiary/aromatic N) is 1. The summed E-state index contributed by atoms with van der Waals surface area (Å²) in [5.41, 5.74) is 0. The van der Waals surface area contributed by atoms with E-state index in [1.54, 1.807) is 7.05 Å². The molecule has 0 fully saturated rings. The Bertz CT molecular complexity index is 731. The largest absolute Gasteiger partial charge is 0.355 e. The van der Waals surface area contributed by atoms with Crippen LogP contribution in [0, 0.1) is 0 Å². The zero-order valence-electron chi connectivity index (χ0n) is 13.8. The van der Waals surface area contributed by atoms with Crippen molar-refractivity contribution in [3.8, 4) is 0 Å². The maximum absolute atomic E-state index is 12.2. The predicted octanol–water partition coefficient (Wildman–Crippen LogP) is 3.57. The fourth-order valence-electron chi connectivity index (χ4n) is 2.26. The van der Waals surface area contributed by atoms with Gasteiger partial charge in [0.15, 0.2) is 0 Å². The molecule has 0 unspecified atom stereocenters. The summed E-state index contributed by atoms with van der Waals surface area (Å²) < 4.78 is 0. The van der Waals surface area contributed by atoms with Crippen molar-refractivity contribution >= 4 is 45.9 Å². The summed E-state index contributed by atoms with van der Waals surface area (Å²) in [6.45, 7) is 2.70. The quantitative estimate of drug-likeness (QED) is 0.764. The van der Waals surface area contributed by atoms with Crippen molar-refractivity contribution in [2.45, 2.75) is 18.2 Å². The molecule has 0 aliphatic carbocycles. The zero-order valence-corrected chi connectivity index (χ0v) is 15.4. The van der Waals surface area contributed by atoms with E-state index in [1.807, 2.05) is 43.3 Å². The Morgan fingerprint density at radius 3 is 2.62 bits per heavy atom. The maximum atomic E-state index is 12.2. The normalized spacial score (nSPS) is 10.6. The first-order chi connectivity index (χ1) is 11.5. The second-order valence-electron chi connectivity index (χ2n) is 5.48. The average Bonchev–Trinajstić information content (AvgIpc) is 2.57. The van der Waals surface area contributed by atoms with Gasteiger partial charge in [-0.2, -0.15) is 0 Å². The van der Waals surface area contributed by atoms with Gasteiger partial charge in [0.1, 0.15) is 0 Å². The van der Waals surface area contributed by atoms with Gasteiger partial charge in [-0.1, -0.05) is 42.8 Å². The van der Waals surface area contributed by atoms with E-state index in [2.05, 4.69) is 5.32 Å². The third-order valence-electron chi connectivity index (χ3n) is 3.55. The van der Waals surface area contributed by atoms with Gasteiger partial charge < -0.3 is 10.2 Å². The number of likely N-dealkylation sites (N-methyl/N-ethyl adjacent to an activating group) is 1. The molecular weight excluding hydrogens is 344 g/mol. The Hall–Kier alpha value is -1.72. The van der Waals surface area contributed by atoms with E-state index in [4.69, 9.17) is 11.6 Å². The molecule has 0 aliphatic heterocycles. The van der Waals surface area contributed by atoms with Crippen LogP contribution >= 0.6 is 23.4 Å². The fourth-order valence-corrected chi connectivity index (χ4v) is 3.64. The number of hydrogen-bond acceptors (Lipinski definition) is 3. The van der Waals surface area contributed by atoms with E-state index >= 15 is 0 Å². The molecule has 24 heavy (non-hydrogen) atoms. The second-order valence-corrected chi connectivity index (χ2v) is 6.91. The van der Waals surface area contributed by atoms with Crippen LogP contribution in [0.15, 0.2) is 41.3 Å². The molecule has 0 aliphatic rings. The monoisotopic (exact) mass is 364 g/mol. The smallest absolute Gasteiger partial charge is 0.239 e. The van der Waals surface area contributed by atoms with Gasteiger partial charge in [0.2, 0.25) is 11.8 Å². The van der Waals surface area contributed by atoms with E-state index in [-0.39, 0.29) is 24.1 Å². The number of amides is 2. The summed E-state index contributed by atoms with van der Waals surface area (Å²) in [7, 11) is 1.64. The van der Waals surface area contributed by atoms with Crippen LogP contribution in [-0.4, -0.2) is 42.6 Å². The highest BCUT2D eigenvalue weighted by Gasteiger charge is 2.14. The molecule has 2 rings (SSSR count). The predicted molar refractivity (Wildman–Crippen MR) is 101 cm³/mol. The molecule has 0 aromatic heterocycles. The number of carbonyl (C=O) groups excluding carboxylic acids is 2. The minimum absolute atomic E-state index is 0.0791. The lowest BCUT2D eigenvalue weighted by molar-refractivity contribution is -0.132. The van der Waals surface area contributed by atoms with Crippen molar-refractivity contribution in [3.05, 3.63) is 41.4 Å². The number of halogens is 1. The summed E-state index contributed by atoms with van der Waals surface area (Å²) in [4.78, 5) is 26.3. The number of rotatable bonds is 7. The molecule has 0 atom stereocenters. The van der Waals surface area contributed by atoms with Crippen LogP contribution in [-0.2, 0) is 9.59 Å². The summed E-state index contributed by atoms with van der Waals surface area (Å²) in [6.07, 6.45) is 0.876. The van der Waals surface area contributed by atoms with E-state index in [9.17, 15) is 9.59 Å². The van der Waals surface area contributed by atoms with Gasteiger partial charge in [-0.05, 0) is 23.9 Å². The standard InChI is InChI=1S/C18H21ClN2O2S/c1-3-10-20-16(22)11-21(2)17(23)12-24-15-9-5-7-13-6-4-8-14(19)18(13)15/h4-9H,3,10-12H2,1-2H3,(H,20,22). The average molecular weight is 365 g/mol. The SMILES string of the molecule is CCCNC(=O)CN(C)C(=O)CSc1cccc2cccc(Cl)c12. The van der Waals surface area contributed by atoms with Crippen LogP contribution in [0.25, 0.3) is 10.8 Å². The molecular formula is C18H21ClN2O2S. The van der Waals surface area contributed by atoms with Crippen molar-refractivity contribution in [2.24, 2.45) is 0 Å². The van der Waals surface area contributed by atoms with Crippen molar-refractivity contribution in [1.29, 1.82) is 0 Å². The third-order valence-corrected chi connectivity index (χ3v) is 4.90. The molecule has 0 saturated carbocycles. The van der Waals surface area contributed by atoms with Crippen LogP contribution in [0.3, 0.4) is 0 Å². The molecule has 0 heterocycles. The molecule has 128 valence electrons. The number of benzene rings is 2. The van der Waals surface area contributed by atoms with Crippen LogP contribution in [0.2, 0.25) is 5.02 Å². The topological polar surface area (TPSA) is 49.4 Å². The number of carbonyl (C=O) groups is 2. The van der Waals surface area contributed by atoms with Gasteiger partial charge in [-0.15, -0.1) is 11.8 Å². The van der Waals surface area contributed by atoms with Crippen molar-refractivity contribution in [2.75, 3.05) is 25.9 Å². The van der Waals surface area contributed by atoms with E-state index in [0.717, 1.165) is 22.1 Å². The first-order valence-corrected chi connectivity index (χ1v) is 9.20. The molecule has 2 aromatic carbocycles. The third kappa shape index (κ3) is 4.89. The first kappa shape index (κ1) is 18.6. The second kappa shape index (κ2) is 8.94. The molecule has 1 N–H and O–H groups in total. The van der Waals surface area contributed by atoms with Crippen LogP contribution < -0.4 is 5.32 Å². The van der Waals surface area contributed by atoms with E-state index in [1.165, 1.54) is 16.7 Å². The molecule has 2 aromatic rings. The summed E-state index contributed by atoms with van der Waals surface area (Å²) in [6, 6.07) is 11.7. The summed E-state index contributed by atoms with van der Waals surface area (Å²) in [5, 5.41) is 5.45. The minimum Gasteiger partial charge on any atom is -0.355 e. The molecule has 0 radical (unpaired) electrons. The first-order valence-electron chi connectivity index (χ1n) is 7.83. The Kier molecular flexibility index (Phi) is 6.94. The zero-order chi connectivity index (χ0) is 17.5. The highest BCUT2D eigenvalue weighted by Crippen LogP contribution is 2.33. The Morgan fingerprint density at radius 2 is 1.92 bits per heavy atom. The highest BCUT2D eigenvalue weighted by atomic mass is 35.5. The lowest BCUT2D eigenvalue weighted by Gasteiger charge is -2.17. The summed E-state index contributed by atoms with van der Waals surface area (Å²) >= 11 is 7.73. The molecule has 2 amide bonds. The highest BCUT2D eigenvalue weighted by molar-refractivity contribution is 8.00. The number of thioether (sulfide) groups is 1. The number of fused-ring (bicyclic) bond motifs is 1. The molecule has 0 spiro atoms. The van der Waals surface area contributed by atoms with Gasteiger partial charge in [0.05, 0.1) is 12.3 Å². The van der Waals surface area contributed by atoms with Gasteiger partial charge >= 0.3 is 0 Å².